The number of nitrogens with two attached hydrogens (primary N) is 1. The molecule has 0 saturated carbocycles. The zero-order valence-corrected chi connectivity index (χ0v) is 10.8. The van der Waals surface area contributed by atoms with Gasteiger partial charge in [0.15, 0.2) is 0 Å². The Morgan fingerprint density at radius 1 is 1.50 bits per heavy atom. The van der Waals surface area contributed by atoms with Crippen LogP contribution in [-0.2, 0) is 13.5 Å². The number of likely N-dealkylation sites (N-methyl/N-ethyl adjacent to an activating group) is 1. The Kier molecular flexibility index (Phi) is 3.48. The number of nitrogen functional groups attached to an aromatic ring is 1. The Morgan fingerprint density at radius 3 is 2.44 bits per heavy atom. The molecule has 0 fully saturated rings. The second-order valence-corrected chi connectivity index (χ2v) is 4.83. The largest absolute Gasteiger partial charge is 0.394 e. The molecule has 0 atom stereocenters. The van der Waals surface area contributed by atoms with Gasteiger partial charge in [0.25, 0.3) is 0 Å². The van der Waals surface area contributed by atoms with E-state index in [1.165, 1.54) is 0 Å². The van der Waals surface area contributed by atoms with Gasteiger partial charge in [-0.05, 0) is 20.3 Å². The van der Waals surface area contributed by atoms with Crippen LogP contribution in [0, 0.1) is 0 Å². The van der Waals surface area contributed by atoms with E-state index in [1.54, 1.807) is 18.5 Å². The van der Waals surface area contributed by atoms with Gasteiger partial charge in [-0.3, -0.25) is 4.68 Å². The van der Waals surface area contributed by atoms with Gasteiger partial charge in [0.2, 0.25) is 0 Å². The first-order valence-electron chi connectivity index (χ1n) is 5.51. The standard InChI is InChI=1S/C11H22N4O/c1-6-8-9(12)10(15(5)13-8)14(4)7-11(2,3)16/h16H,6-7,12H2,1-5H3. The quantitative estimate of drug-likeness (QED) is 0.796. The van der Waals surface area contributed by atoms with Crippen molar-refractivity contribution in [1.29, 1.82) is 0 Å². The number of nitrogens with zero attached hydrogens (tertiary/aromatic N) is 3. The van der Waals surface area contributed by atoms with Gasteiger partial charge in [-0.1, -0.05) is 6.92 Å². The maximum atomic E-state index is 9.78. The van der Waals surface area contributed by atoms with Crippen LogP contribution in [-0.4, -0.2) is 34.1 Å². The average molecular weight is 226 g/mol. The number of rotatable bonds is 4. The highest BCUT2D eigenvalue weighted by Gasteiger charge is 2.21. The van der Waals surface area contributed by atoms with Gasteiger partial charge in [-0.2, -0.15) is 5.10 Å². The average Bonchev–Trinajstić information content (AvgIpc) is 2.38. The molecule has 0 aliphatic carbocycles. The summed E-state index contributed by atoms with van der Waals surface area (Å²) in [5.74, 6) is 0.860. The first-order chi connectivity index (χ1) is 7.26. The van der Waals surface area contributed by atoms with Gasteiger partial charge in [0.05, 0.1) is 17.0 Å². The van der Waals surface area contributed by atoms with Crippen LogP contribution in [0.15, 0.2) is 0 Å². The van der Waals surface area contributed by atoms with Crippen molar-refractivity contribution in [3.8, 4) is 0 Å². The number of anilines is 2. The Hall–Kier alpha value is -1.23. The van der Waals surface area contributed by atoms with Crippen molar-refractivity contribution in [2.45, 2.75) is 32.8 Å². The third kappa shape index (κ3) is 2.66. The molecule has 5 heteroatoms. The lowest BCUT2D eigenvalue weighted by molar-refractivity contribution is 0.0883. The van der Waals surface area contributed by atoms with Crippen molar-refractivity contribution >= 4 is 11.5 Å². The normalized spacial score (nSPS) is 11.9. The second kappa shape index (κ2) is 4.33. The third-order valence-corrected chi connectivity index (χ3v) is 2.45. The number of aryl methyl sites for hydroxylation is 2. The van der Waals surface area contributed by atoms with Gasteiger partial charge >= 0.3 is 0 Å². The molecular weight excluding hydrogens is 204 g/mol. The van der Waals surface area contributed by atoms with Crippen molar-refractivity contribution in [2.24, 2.45) is 7.05 Å². The van der Waals surface area contributed by atoms with E-state index in [9.17, 15) is 5.11 Å². The Morgan fingerprint density at radius 2 is 2.06 bits per heavy atom. The molecule has 92 valence electrons. The summed E-state index contributed by atoms with van der Waals surface area (Å²) in [6, 6.07) is 0. The molecular formula is C11H22N4O. The van der Waals surface area contributed by atoms with E-state index in [2.05, 4.69) is 5.10 Å². The molecule has 0 unspecified atom stereocenters. The third-order valence-electron chi connectivity index (χ3n) is 2.45. The zero-order chi connectivity index (χ0) is 12.5. The number of hydrogen-bond acceptors (Lipinski definition) is 4. The van der Waals surface area contributed by atoms with E-state index in [4.69, 9.17) is 5.73 Å². The monoisotopic (exact) mass is 226 g/mol. The maximum absolute atomic E-state index is 9.78. The smallest absolute Gasteiger partial charge is 0.150 e. The van der Waals surface area contributed by atoms with Crippen LogP contribution in [0.2, 0.25) is 0 Å². The van der Waals surface area contributed by atoms with Gasteiger partial charge in [0, 0.05) is 20.6 Å². The second-order valence-electron chi connectivity index (χ2n) is 4.83. The fraction of sp³-hybridized carbons (Fsp3) is 0.727. The molecule has 16 heavy (non-hydrogen) atoms. The fourth-order valence-corrected chi connectivity index (χ4v) is 1.95. The first-order valence-corrected chi connectivity index (χ1v) is 5.51. The summed E-state index contributed by atoms with van der Waals surface area (Å²) in [6.45, 7) is 6.09. The van der Waals surface area contributed by atoms with Crippen molar-refractivity contribution in [2.75, 3.05) is 24.2 Å². The highest BCUT2D eigenvalue weighted by atomic mass is 16.3. The lowest BCUT2D eigenvalue weighted by Crippen LogP contribution is -2.37. The van der Waals surface area contributed by atoms with Crippen molar-refractivity contribution in [3.05, 3.63) is 5.69 Å². The van der Waals surface area contributed by atoms with E-state index < -0.39 is 5.60 Å². The van der Waals surface area contributed by atoms with Crippen LogP contribution in [0.3, 0.4) is 0 Å². The minimum Gasteiger partial charge on any atom is -0.394 e. The van der Waals surface area contributed by atoms with Crippen LogP contribution in [0.4, 0.5) is 11.5 Å². The van der Waals surface area contributed by atoms with Crippen LogP contribution in [0.25, 0.3) is 0 Å². The van der Waals surface area contributed by atoms with Crippen molar-refractivity contribution in [3.63, 3.8) is 0 Å². The number of aromatic nitrogens is 2. The van der Waals surface area contributed by atoms with Crippen molar-refractivity contribution in [1.82, 2.24) is 9.78 Å². The molecule has 1 aromatic rings. The van der Waals surface area contributed by atoms with Crippen LogP contribution in [0.5, 0.6) is 0 Å². The molecule has 5 nitrogen and oxygen atoms in total. The molecule has 1 heterocycles. The number of aliphatic hydroxyl groups is 1. The summed E-state index contributed by atoms with van der Waals surface area (Å²) in [4.78, 5) is 1.93. The number of hydrogen-bond donors (Lipinski definition) is 2. The molecule has 0 aromatic carbocycles. The van der Waals surface area contributed by atoms with E-state index in [0.717, 1.165) is 17.9 Å². The Labute approximate surface area is 96.9 Å². The maximum Gasteiger partial charge on any atom is 0.150 e. The Bertz CT molecular complexity index is 365. The molecule has 3 N–H and O–H groups in total. The summed E-state index contributed by atoms with van der Waals surface area (Å²) in [5, 5.41) is 14.1. The summed E-state index contributed by atoms with van der Waals surface area (Å²) in [7, 11) is 3.77. The van der Waals surface area contributed by atoms with Crippen LogP contribution in [0.1, 0.15) is 26.5 Å². The summed E-state index contributed by atoms with van der Waals surface area (Å²) in [5.41, 5.74) is 6.88. The zero-order valence-electron chi connectivity index (χ0n) is 10.8. The van der Waals surface area contributed by atoms with Crippen molar-refractivity contribution < 1.29 is 5.11 Å². The van der Waals surface area contributed by atoms with E-state index in [1.807, 2.05) is 25.9 Å². The molecule has 0 aliphatic heterocycles. The van der Waals surface area contributed by atoms with E-state index >= 15 is 0 Å². The molecule has 0 spiro atoms. The SMILES string of the molecule is CCc1nn(C)c(N(C)CC(C)(C)O)c1N. The summed E-state index contributed by atoms with van der Waals surface area (Å²) in [6.07, 6.45) is 0.816. The van der Waals surface area contributed by atoms with Gasteiger partial charge in [0.1, 0.15) is 5.82 Å². The first kappa shape index (κ1) is 12.8. The minimum atomic E-state index is -0.752. The van der Waals surface area contributed by atoms with Gasteiger partial charge in [-0.15, -0.1) is 0 Å². The molecule has 1 rings (SSSR count). The highest BCUT2D eigenvalue weighted by molar-refractivity contribution is 5.66. The summed E-state index contributed by atoms with van der Waals surface area (Å²) < 4.78 is 1.76. The van der Waals surface area contributed by atoms with E-state index in [-0.39, 0.29) is 0 Å². The topological polar surface area (TPSA) is 67.3 Å². The molecule has 0 saturated heterocycles. The molecule has 1 aromatic heterocycles. The molecule has 0 bridgehead atoms. The molecule has 0 amide bonds. The van der Waals surface area contributed by atoms with Gasteiger partial charge in [-0.25, -0.2) is 0 Å². The Balaban J connectivity index is 2.99. The highest BCUT2D eigenvalue weighted by Crippen LogP contribution is 2.26. The van der Waals surface area contributed by atoms with Crippen LogP contribution >= 0.6 is 0 Å². The lowest BCUT2D eigenvalue weighted by atomic mass is 10.1. The predicted octanol–water partition coefficient (Wildman–Crippen LogP) is 0.772. The van der Waals surface area contributed by atoms with E-state index in [0.29, 0.717) is 12.2 Å². The lowest BCUT2D eigenvalue weighted by Gasteiger charge is -2.27. The predicted molar refractivity (Wildman–Crippen MR) is 66.6 cm³/mol. The van der Waals surface area contributed by atoms with Crippen LogP contribution < -0.4 is 10.6 Å². The molecule has 0 radical (unpaired) electrons. The minimum absolute atomic E-state index is 0.514. The molecule has 0 aliphatic rings. The van der Waals surface area contributed by atoms with Gasteiger partial charge < -0.3 is 15.7 Å². The fourth-order valence-electron chi connectivity index (χ4n) is 1.95. The summed E-state index contributed by atoms with van der Waals surface area (Å²) >= 11 is 0.